The molecule has 2 aliphatic rings. The molecule has 1 aromatic carbocycles. The smallest absolute Gasteiger partial charge is 0.545 e. The molecule has 0 bridgehead atoms. The van der Waals surface area contributed by atoms with Crippen molar-refractivity contribution < 1.29 is 91.5 Å². The maximum absolute atomic E-state index is 11.0. The minimum absolute atomic E-state index is 0. The van der Waals surface area contributed by atoms with Crippen LogP contribution in [0.5, 0.6) is 0 Å². The summed E-state index contributed by atoms with van der Waals surface area (Å²) in [6.07, 6.45) is 7.30. The number of hydrogen-bond donors (Lipinski definition) is 1. The van der Waals surface area contributed by atoms with Crippen LogP contribution in [0.3, 0.4) is 0 Å². The molecule has 1 atom stereocenters. The summed E-state index contributed by atoms with van der Waals surface area (Å²) in [5.41, 5.74) is -1.76. The molecule has 2 aromatic rings. The third kappa shape index (κ3) is 8.87. The number of carbonyl (C=O) groups is 3. The Morgan fingerprint density at radius 1 is 0.944 bits per heavy atom. The van der Waals surface area contributed by atoms with E-state index in [1.807, 2.05) is 0 Å². The van der Waals surface area contributed by atoms with Crippen molar-refractivity contribution in [3.05, 3.63) is 54.1 Å². The van der Waals surface area contributed by atoms with Gasteiger partial charge in [-0.05, 0) is 13.3 Å². The van der Waals surface area contributed by atoms with Crippen LogP contribution in [0.15, 0.2) is 62.7 Å². The normalized spacial score (nSPS) is 17.4. The van der Waals surface area contributed by atoms with Crippen molar-refractivity contribution in [2.24, 2.45) is 20.0 Å². The van der Waals surface area contributed by atoms with Crippen LogP contribution in [0, 0.1) is 0 Å². The second-order valence-electron chi connectivity index (χ2n) is 6.58. The Bertz CT molecular complexity index is 1110. The maximum atomic E-state index is 11.0. The van der Waals surface area contributed by atoms with Crippen molar-refractivity contribution in [3.63, 3.8) is 0 Å². The van der Waals surface area contributed by atoms with Crippen LogP contribution in [0.4, 0.5) is 0 Å². The van der Waals surface area contributed by atoms with Crippen LogP contribution >= 0.6 is 0 Å². The molecule has 0 fully saturated rings. The van der Waals surface area contributed by atoms with Crippen molar-refractivity contribution in [1.82, 2.24) is 9.97 Å². The van der Waals surface area contributed by atoms with E-state index in [-0.39, 0.29) is 67.7 Å². The number of nitrogens with one attached hydrogen (secondary N) is 1. The molecule has 0 aliphatic carbocycles. The number of rotatable bonds is 5. The Balaban J connectivity index is 0. The van der Waals surface area contributed by atoms with Crippen molar-refractivity contribution in [1.29, 1.82) is 0 Å². The van der Waals surface area contributed by atoms with Crippen LogP contribution in [0.25, 0.3) is 0 Å². The fourth-order valence-corrected chi connectivity index (χ4v) is 2.70. The van der Waals surface area contributed by atoms with E-state index >= 15 is 0 Å². The zero-order valence-electron chi connectivity index (χ0n) is 18.6. The number of aliphatic carboxylic acids is 2. The SMILES string of the molecule is CCC1(C(=O)[O-])N=CC(C)=N1.O=C([O-])C1(c2ccccc2)N=CC=N1.O=C([O-])c1ncc[nH]1.[Ag+].[Ag+].[Cu+]. The van der Waals surface area contributed by atoms with E-state index in [1.54, 1.807) is 44.2 Å². The summed E-state index contributed by atoms with van der Waals surface area (Å²) in [7, 11) is 0. The average molecular weight is 731 g/mol. The summed E-state index contributed by atoms with van der Waals surface area (Å²) in [4.78, 5) is 52.5. The molecule has 4 rings (SSSR count). The number of benzene rings is 1. The van der Waals surface area contributed by atoms with Crippen molar-refractivity contribution in [3.8, 4) is 0 Å². The van der Waals surface area contributed by atoms with Crippen LogP contribution in [0.1, 0.15) is 36.5 Å². The summed E-state index contributed by atoms with van der Waals surface area (Å²) in [6.45, 7) is 3.43. The summed E-state index contributed by atoms with van der Waals surface area (Å²) < 4.78 is 0. The first-order valence-electron chi connectivity index (χ1n) is 9.56. The minimum atomic E-state index is -1.57. The summed E-state index contributed by atoms with van der Waals surface area (Å²) >= 11 is 0. The molecule has 0 saturated carbocycles. The van der Waals surface area contributed by atoms with Crippen molar-refractivity contribution in [2.45, 2.75) is 31.6 Å². The summed E-state index contributed by atoms with van der Waals surface area (Å²) in [5, 5.41) is 31.4. The van der Waals surface area contributed by atoms with Gasteiger partial charge in [-0.3, -0.25) is 20.0 Å². The number of carboxylic acids is 3. The number of aromatic amines is 1. The Kier molecular flexibility index (Phi) is 16.2. The third-order valence-corrected chi connectivity index (χ3v) is 4.39. The molecule has 0 saturated heterocycles. The topological polar surface area (TPSA) is 199 Å². The summed E-state index contributed by atoms with van der Waals surface area (Å²) in [5.74, 6) is -3.96. The first-order valence-corrected chi connectivity index (χ1v) is 9.56. The van der Waals surface area contributed by atoms with Gasteiger partial charge in [0.25, 0.3) is 0 Å². The van der Waals surface area contributed by atoms with Gasteiger partial charge in [-0.15, -0.1) is 0 Å². The van der Waals surface area contributed by atoms with Crippen LogP contribution in [0.2, 0.25) is 0 Å². The Labute approximate surface area is 248 Å². The van der Waals surface area contributed by atoms with Crippen LogP contribution in [-0.2, 0) is 77.1 Å². The third-order valence-electron chi connectivity index (χ3n) is 4.39. The molecule has 0 spiro atoms. The molecule has 15 heteroatoms. The monoisotopic (exact) mass is 728 g/mol. The van der Waals surface area contributed by atoms with E-state index in [2.05, 4.69) is 29.9 Å². The number of nitrogens with zero attached hydrogens (tertiary/aromatic N) is 5. The zero-order chi connectivity index (χ0) is 24.5. The molecule has 1 unspecified atom stereocenters. The number of aliphatic imine (C=N–C) groups is 4. The molecular weight excluding hydrogens is 712 g/mol. The molecule has 202 valence electrons. The van der Waals surface area contributed by atoms with Crippen LogP contribution in [-0.4, -0.2) is 57.9 Å². The Morgan fingerprint density at radius 3 is 1.83 bits per heavy atom. The van der Waals surface area contributed by atoms with Gasteiger partial charge in [0.05, 0.1) is 17.7 Å². The van der Waals surface area contributed by atoms with Gasteiger partial charge in [0.2, 0.25) is 5.66 Å². The molecule has 12 nitrogen and oxygen atoms in total. The van der Waals surface area contributed by atoms with E-state index in [1.165, 1.54) is 31.0 Å². The molecule has 36 heavy (non-hydrogen) atoms. The summed E-state index contributed by atoms with van der Waals surface area (Å²) in [6, 6.07) is 8.60. The van der Waals surface area contributed by atoms with E-state index in [0.717, 1.165) is 0 Å². The number of aromatic nitrogens is 2. The molecule has 3 heterocycles. The van der Waals surface area contributed by atoms with Gasteiger partial charge < -0.3 is 34.7 Å². The number of H-pyrrole nitrogens is 1. The first kappa shape index (κ1) is 35.7. The quantitative estimate of drug-likeness (QED) is 0.340. The molecule has 1 aromatic heterocycles. The Hall–Kier alpha value is -2.48. The molecule has 2 aliphatic heterocycles. The molecule has 0 amide bonds. The number of carboxylic acid groups (broad SMARTS) is 3. The Morgan fingerprint density at radius 2 is 1.53 bits per heavy atom. The van der Waals surface area contributed by atoms with Gasteiger partial charge in [-0.2, -0.15) is 0 Å². The molecule has 1 N–H and O–H groups in total. The molecule has 0 radical (unpaired) electrons. The number of hydrogen-bond acceptors (Lipinski definition) is 11. The van der Waals surface area contributed by atoms with E-state index in [9.17, 15) is 29.7 Å². The molecular formula is C21H19Ag2CuN6O6. The largest absolute Gasteiger partial charge is 1.00 e. The predicted octanol–water partition coefficient (Wildman–Crippen LogP) is -2.10. The van der Waals surface area contributed by atoms with Crippen molar-refractivity contribution >= 4 is 42.3 Å². The van der Waals surface area contributed by atoms with Crippen LogP contribution < -0.4 is 15.3 Å². The van der Waals surface area contributed by atoms with Crippen molar-refractivity contribution in [2.75, 3.05) is 0 Å². The van der Waals surface area contributed by atoms with Gasteiger partial charge in [-0.25, -0.2) is 4.98 Å². The van der Waals surface area contributed by atoms with Gasteiger partial charge in [-0.1, -0.05) is 37.3 Å². The predicted molar refractivity (Wildman–Crippen MR) is 113 cm³/mol. The van der Waals surface area contributed by atoms with Gasteiger partial charge in [0.15, 0.2) is 11.5 Å². The average Bonchev–Trinajstić information content (AvgIpc) is 3.56. The van der Waals surface area contributed by atoms with Gasteiger partial charge in [0, 0.05) is 36.6 Å². The second-order valence-corrected chi connectivity index (χ2v) is 6.58. The first-order chi connectivity index (χ1) is 15.7. The number of carbonyl (C=O) groups excluding carboxylic acids is 3. The maximum Gasteiger partial charge on any atom is 1.00 e. The van der Waals surface area contributed by atoms with E-state index in [4.69, 9.17) is 0 Å². The minimum Gasteiger partial charge on any atom is -0.545 e. The van der Waals surface area contributed by atoms with Gasteiger partial charge >= 0.3 is 61.8 Å². The standard InChI is InChI=1S/C10H8N2O2.C7H10N2O2.C4H4N2O2.2Ag.Cu/c13-9(14)10(11-6-7-12-10)8-4-2-1-3-5-8;1-3-7(6(10)11)8-4-5(2)9-7;7-4(8)3-5-1-2-6-3;;;/h1-7H,(H,13,14);4H,3H2,1-2H3,(H,10,11);1-2H,(H,5,6)(H,7,8);;;/q;;;3*+1/p-3. The second kappa shape index (κ2) is 16.3. The number of imidazole rings is 1. The van der Waals surface area contributed by atoms with Gasteiger partial charge in [0.1, 0.15) is 5.97 Å². The van der Waals surface area contributed by atoms with E-state index < -0.39 is 29.2 Å². The fourth-order valence-electron chi connectivity index (χ4n) is 2.70. The number of aromatic carboxylic acids is 1. The fraction of sp³-hybridized carbons (Fsp3) is 0.238. The zero-order valence-corrected chi connectivity index (χ0v) is 22.5. The van der Waals surface area contributed by atoms with E-state index in [0.29, 0.717) is 17.7 Å².